The zero-order valence-electron chi connectivity index (χ0n) is 11.5. The highest BCUT2D eigenvalue weighted by atomic mass is 35.5. The standard InChI is InChI=1S/C16H17ClFNO/c1-3-19-11(2)13-9-8-12(10-14(13)17)20-16-7-5-4-6-15(16)18/h4-11,19H,3H2,1-2H3. The quantitative estimate of drug-likeness (QED) is 0.843. The maximum absolute atomic E-state index is 13.5. The van der Waals surface area contributed by atoms with Gasteiger partial charge in [0, 0.05) is 11.1 Å². The number of ether oxygens (including phenoxy) is 1. The molecule has 20 heavy (non-hydrogen) atoms. The van der Waals surface area contributed by atoms with Crippen molar-refractivity contribution in [3.63, 3.8) is 0 Å². The highest BCUT2D eigenvalue weighted by molar-refractivity contribution is 6.31. The lowest BCUT2D eigenvalue weighted by atomic mass is 10.1. The Kier molecular flexibility index (Phi) is 4.99. The summed E-state index contributed by atoms with van der Waals surface area (Å²) < 4.78 is 19.0. The van der Waals surface area contributed by atoms with E-state index < -0.39 is 5.82 Å². The third-order valence-corrected chi connectivity index (χ3v) is 3.34. The predicted molar refractivity (Wildman–Crippen MR) is 80.0 cm³/mol. The summed E-state index contributed by atoms with van der Waals surface area (Å²) in [6.07, 6.45) is 0. The van der Waals surface area contributed by atoms with Crippen LogP contribution >= 0.6 is 11.6 Å². The molecular formula is C16H17ClFNO. The molecule has 2 rings (SSSR count). The molecule has 0 aliphatic heterocycles. The van der Waals surface area contributed by atoms with Crippen molar-refractivity contribution < 1.29 is 9.13 Å². The van der Waals surface area contributed by atoms with E-state index in [2.05, 4.69) is 5.32 Å². The van der Waals surface area contributed by atoms with Gasteiger partial charge in [-0.3, -0.25) is 0 Å². The van der Waals surface area contributed by atoms with Gasteiger partial charge in [0.2, 0.25) is 0 Å². The van der Waals surface area contributed by atoms with Crippen LogP contribution < -0.4 is 10.1 Å². The highest BCUT2D eigenvalue weighted by Crippen LogP contribution is 2.30. The van der Waals surface area contributed by atoms with Crippen LogP contribution in [0.25, 0.3) is 0 Å². The first-order valence-corrected chi connectivity index (χ1v) is 6.94. The first-order chi connectivity index (χ1) is 9.61. The van der Waals surface area contributed by atoms with Crippen molar-refractivity contribution in [3.05, 3.63) is 58.9 Å². The van der Waals surface area contributed by atoms with E-state index in [1.54, 1.807) is 30.3 Å². The number of benzene rings is 2. The molecule has 1 N–H and O–H groups in total. The minimum Gasteiger partial charge on any atom is -0.454 e. The summed E-state index contributed by atoms with van der Waals surface area (Å²) in [6.45, 7) is 4.95. The Morgan fingerprint density at radius 1 is 1.25 bits per heavy atom. The smallest absolute Gasteiger partial charge is 0.165 e. The highest BCUT2D eigenvalue weighted by Gasteiger charge is 2.10. The largest absolute Gasteiger partial charge is 0.454 e. The molecule has 0 aromatic heterocycles. The Labute approximate surface area is 123 Å². The van der Waals surface area contributed by atoms with Crippen LogP contribution in [0.5, 0.6) is 11.5 Å². The van der Waals surface area contributed by atoms with E-state index in [4.69, 9.17) is 16.3 Å². The van der Waals surface area contributed by atoms with Crippen molar-refractivity contribution in [2.75, 3.05) is 6.54 Å². The fourth-order valence-electron chi connectivity index (χ4n) is 1.99. The fraction of sp³-hybridized carbons (Fsp3) is 0.250. The number of hydrogen-bond acceptors (Lipinski definition) is 2. The van der Waals surface area contributed by atoms with E-state index >= 15 is 0 Å². The predicted octanol–water partition coefficient (Wildman–Crippen LogP) is 4.94. The molecule has 0 bridgehead atoms. The van der Waals surface area contributed by atoms with Gasteiger partial charge in [-0.05, 0) is 43.3 Å². The zero-order valence-corrected chi connectivity index (χ0v) is 12.2. The Morgan fingerprint density at radius 3 is 2.65 bits per heavy atom. The Morgan fingerprint density at radius 2 is 2.00 bits per heavy atom. The molecule has 0 saturated carbocycles. The average molecular weight is 294 g/mol. The lowest BCUT2D eigenvalue weighted by Crippen LogP contribution is -2.17. The second kappa shape index (κ2) is 6.73. The van der Waals surface area contributed by atoms with Crippen molar-refractivity contribution in [2.45, 2.75) is 19.9 Å². The third kappa shape index (κ3) is 3.50. The summed E-state index contributed by atoms with van der Waals surface area (Å²) in [5.74, 6) is 0.317. The first-order valence-electron chi connectivity index (χ1n) is 6.57. The molecule has 0 heterocycles. The van der Waals surface area contributed by atoms with Gasteiger partial charge in [0.1, 0.15) is 5.75 Å². The number of halogens is 2. The van der Waals surface area contributed by atoms with Crippen LogP contribution in [0.3, 0.4) is 0 Å². The number of hydrogen-bond donors (Lipinski definition) is 1. The average Bonchev–Trinajstić information content (AvgIpc) is 2.42. The Balaban J connectivity index is 2.19. The van der Waals surface area contributed by atoms with Crippen LogP contribution in [0.1, 0.15) is 25.5 Å². The summed E-state index contributed by atoms with van der Waals surface area (Å²) in [4.78, 5) is 0. The third-order valence-electron chi connectivity index (χ3n) is 3.01. The van der Waals surface area contributed by atoms with Crippen LogP contribution in [0, 0.1) is 5.82 Å². The van der Waals surface area contributed by atoms with Crippen molar-refractivity contribution >= 4 is 11.6 Å². The van der Waals surface area contributed by atoms with Crippen LogP contribution in [0.2, 0.25) is 5.02 Å². The minimum atomic E-state index is -0.395. The summed E-state index contributed by atoms with van der Waals surface area (Å²) in [6, 6.07) is 11.8. The van der Waals surface area contributed by atoms with Crippen molar-refractivity contribution in [1.82, 2.24) is 5.32 Å². The van der Waals surface area contributed by atoms with Gasteiger partial charge in [0.05, 0.1) is 0 Å². The van der Waals surface area contributed by atoms with Crippen LogP contribution in [-0.4, -0.2) is 6.54 Å². The summed E-state index contributed by atoms with van der Waals surface area (Å²) in [7, 11) is 0. The zero-order chi connectivity index (χ0) is 14.5. The van der Waals surface area contributed by atoms with E-state index in [-0.39, 0.29) is 11.8 Å². The van der Waals surface area contributed by atoms with Gasteiger partial charge in [-0.2, -0.15) is 0 Å². The molecule has 1 atom stereocenters. The second-order valence-electron chi connectivity index (χ2n) is 4.50. The lowest BCUT2D eigenvalue weighted by Gasteiger charge is -2.15. The van der Waals surface area contributed by atoms with Gasteiger partial charge in [-0.15, -0.1) is 0 Å². The molecule has 0 aliphatic carbocycles. The fourth-order valence-corrected chi connectivity index (χ4v) is 2.33. The van der Waals surface area contributed by atoms with E-state index in [0.29, 0.717) is 10.8 Å². The summed E-state index contributed by atoms with van der Waals surface area (Å²) in [5.41, 5.74) is 0.995. The molecule has 106 valence electrons. The van der Waals surface area contributed by atoms with Gasteiger partial charge in [-0.25, -0.2) is 4.39 Å². The van der Waals surface area contributed by atoms with Gasteiger partial charge in [0.15, 0.2) is 11.6 Å². The summed E-state index contributed by atoms with van der Waals surface area (Å²) in [5, 5.41) is 3.90. The van der Waals surface area contributed by atoms with Crippen molar-refractivity contribution in [1.29, 1.82) is 0 Å². The number of para-hydroxylation sites is 1. The van der Waals surface area contributed by atoms with E-state index in [0.717, 1.165) is 12.1 Å². The van der Waals surface area contributed by atoms with Crippen LogP contribution in [0.4, 0.5) is 4.39 Å². The molecule has 1 unspecified atom stereocenters. The van der Waals surface area contributed by atoms with E-state index in [9.17, 15) is 4.39 Å². The van der Waals surface area contributed by atoms with Gasteiger partial charge in [0.25, 0.3) is 0 Å². The molecule has 0 aliphatic rings. The van der Waals surface area contributed by atoms with Crippen LogP contribution in [-0.2, 0) is 0 Å². The van der Waals surface area contributed by atoms with Crippen LogP contribution in [0.15, 0.2) is 42.5 Å². The maximum atomic E-state index is 13.5. The van der Waals surface area contributed by atoms with Crippen molar-refractivity contribution in [3.8, 4) is 11.5 Å². The molecule has 0 saturated heterocycles. The normalized spacial score (nSPS) is 12.2. The summed E-state index contributed by atoms with van der Waals surface area (Å²) >= 11 is 6.25. The second-order valence-corrected chi connectivity index (χ2v) is 4.90. The molecule has 4 heteroatoms. The molecule has 2 nitrogen and oxygen atoms in total. The molecular weight excluding hydrogens is 277 g/mol. The molecule has 2 aromatic carbocycles. The SMILES string of the molecule is CCNC(C)c1ccc(Oc2ccccc2F)cc1Cl. The van der Waals surface area contributed by atoms with Crippen molar-refractivity contribution in [2.24, 2.45) is 0 Å². The van der Waals surface area contributed by atoms with Gasteiger partial charge < -0.3 is 10.1 Å². The molecule has 0 spiro atoms. The molecule has 0 fully saturated rings. The van der Waals surface area contributed by atoms with Gasteiger partial charge >= 0.3 is 0 Å². The maximum Gasteiger partial charge on any atom is 0.165 e. The van der Waals surface area contributed by atoms with E-state index in [1.165, 1.54) is 6.07 Å². The minimum absolute atomic E-state index is 0.162. The Hall–Kier alpha value is -1.58. The molecule has 0 radical (unpaired) electrons. The van der Waals surface area contributed by atoms with E-state index in [1.807, 2.05) is 19.9 Å². The number of nitrogens with one attached hydrogen (secondary N) is 1. The molecule has 2 aromatic rings. The monoisotopic (exact) mass is 293 g/mol. The Bertz CT molecular complexity index is 588. The lowest BCUT2D eigenvalue weighted by molar-refractivity contribution is 0.442. The van der Waals surface area contributed by atoms with Gasteiger partial charge in [-0.1, -0.05) is 36.7 Å². The topological polar surface area (TPSA) is 21.3 Å². The molecule has 0 amide bonds. The number of rotatable bonds is 5. The first kappa shape index (κ1) is 14.8.